The molecule has 1 N–H and O–H groups in total. The highest BCUT2D eigenvalue weighted by Gasteiger charge is 2.19. The van der Waals surface area contributed by atoms with Crippen LogP contribution in [0.25, 0.3) is 11.1 Å². The van der Waals surface area contributed by atoms with Gasteiger partial charge in [0, 0.05) is 16.1 Å². The molecular weight excluding hydrogens is 352 g/mol. The van der Waals surface area contributed by atoms with E-state index in [9.17, 15) is 9.90 Å². The Kier molecular flexibility index (Phi) is 5.44. The topological polar surface area (TPSA) is 55.8 Å². The minimum absolute atomic E-state index is 0.0838. The zero-order valence-corrected chi connectivity index (χ0v) is 14.9. The predicted molar refractivity (Wildman–Crippen MR) is 101 cm³/mol. The molecule has 0 aliphatic carbocycles. The average molecular weight is 369 g/mol. The van der Waals surface area contributed by atoms with Crippen LogP contribution in [0.2, 0.25) is 5.02 Å². The van der Waals surface area contributed by atoms with Crippen molar-refractivity contribution < 1.29 is 19.4 Å². The van der Waals surface area contributed by atoms with Crippen molar-refractivity contribution in [2.24, 2.45) is 0 Å². The standard InChI is InChI=1S/C21H17ClO4/c1-25-19-11-10-15(22)12-18(19)16-8-5-9-17(21(23)24)20(16)26-13-14-6-3-2-4-7-14/h2-12H,13H2,1H3,(H,23,24). The van der Waals surface area contributed by atoms with Crippen molar-refractivity contribution in [3.63, 3.8) is 0 Å². The zero-order valence-electron chi connectivity index (χ0n) is 14.1. The summed E-state index contributed by atoms with van der Waals surface area (Å²) in [6.45, 7) is 0.251. The van der Waals surface area contributed by atoms with Crippen molar-refractivity contribution in [3.8, 4) is 22.6 Å². The van der Waals surface area contributed by atoms with Gasteiger partial charge < -0.3 is 14.6 Å². The molecule has 0 aliphatic rings. The van der Waals surface area contributed by atoms with E-state index in [1.165, 1.54) is 6.07 Å². The normalized spacial score (nSPS) is 10.4. The van der Waals surface area contributed by atoms with E-state index in [0.29, 0.717) is 21.9 Å². The van der Waals surface area contributed by atoms with E-state index in [2.05, 4.69) is 0 Å². The Morgan fingerprint density at radius 3 is 2.46 bits per heavy atom. The molecule has 0 fully saturated rings. The van der Waals surface area contributed by atoms with Gasteiger partial charge in [-0.3, -0.25) is 0 Å². The summed E-state index contributed by atoms with van der Waals surface area (Å²) in [7, 11) is 1.55. The smallest absolute Gasteiger partial charge is 0.339 e. The maximum atomic E-state index is 11.7. The summed E-state index contributed by atoms with van der Waals surface area (Å²) >= 11 is 6.14. The summed E-state index contributed by atoms with van der Waals surface area (Å²) in [6.07, 6.45) is 0. The number of benzene rings is 3. The monoisotopic (exact) mass is 368 g/mol. The van der Waals surface area contributed by atoms with E-state index in [-0.39, 0.29) is 17.9 Å². The predicted octanol–water partition coefficient (Wildman–Crippen LogP) is 5.29. The zero-order chi connectivity index (χ0) is 18.5. The molecule has 0 radical (unpaired) electrons. The van der Waals surface area contributed by atoms with E-state index < -0.39 is 5.97 Å². The molecule has 0 unspecified atom stereocenters. The third-order valence-corrected chi connectivity index (χ3v) is 4.16. The first-order valence-electron chi connectivity index (χ1n) is 7.97. The Labute approximate surface area is 156 Å². The van der Waals surface area contributed by atoms with Gasteiger partial charge in [0.15, 0.2) is 0 Å². The van der Waals surface area contributed by atoms with Gasteiger partial charge in [-0.2, -0.15) is 0 Å². The van der Waals surface area contributed by atoms with Crippen LogP contribution in [0.4, 0.5) is 0 Å². The fourth-order valence-electron chi connectivity index (χ4n) is 2.69. The van der Waals surface area contributed by atoms with Crippen LogP contribution in [-0.4, -0.2) is 18.2 Å². The molecule has 0 atom stereocenters. The molecule has 3 aromatic rings. The number of carboxylic acid groups (broad SMARTS) is 1. The number of halogens is 1. The first-order valence-corrected chi connectivity index (χ1v) is 8.35. The minimum atomic E-state index is -1.06. The third-order valence-electron chi connectivity index (χ3n) is 3.92. The molecule has 26 heavy (non-hydrogen) atoms. The van der Waals surface area contributed by atoms with Crippen LogP contribution in [-0.2, 0) is 6.61 Å². The number of hydrogen-bond acceptors (Lipinski definition) is 3. The lowest BCUT2D eigenvalue weighted by molar-refractivity contribution is 0.0692. The van der Waals surface area contributed by atoms with E-state index in [1.807, 2.05) is 30.3 Å². The van der Waals surface area contributed by atoms with Crippen LogP contribution in [0.1, 0.15) is 15.9 Å². The van der Waals surface area contributed by atoms with Crippen LogP contribution in [0.3, 0.4) is 0 Å². The lowest BCUT2D eigenvalue weighted by Crippen LogP contribution is -2.05. The number of rotatable bonds is 6. The first-order chi connectivity index (χ1) is 12.6. The van der Waals surface area contributed by atoms with Gasteiger partial charge in [-0.25, -0.2) is 4.79 Å². The molecule has 0 aliphatic heterocycles. The summed E-state index contributed by atoms with van der Waals surface area (Å²) < 4.78 is 11.3. The van der Waals surface area contributed by atoms with Crippen LogP contribution in [0, 0.1) is 0 Å². The fourth-order valence-corrected chi connectivity index (χ4v) is 2.87. The second-order valence-electron chi connectivity index (χ2n) is 5.61. The largest absolute Gasteiger partial charge is 0.496 e. The highest BCUT2D eigenvalue weighted by atomic mass is 35.5. The molecule has 0 bridgehead atoms. The second-order valence-corrected chi connectivity index (χ2v) is 6.04. The first kappa shape index (κ1) is 17.8. The quantitative estimate of drug-likeness (QED) is 0.642. The molecule has 0 spiro atoms. The van der Waals surface area contributed by atoms with Gasteiger partial charge >= 0.3 is 5.97 Å². The van der Waals surface area contributed by atoms with Crippen molar-refractivity contribution >= 4 is 17.6 Å². The summed E-state index contributed by atoms with van der Waals surface area (Å²) in [6, 6.07) is 19.7. The molecule has 4 nitrogen and oxygen atoms in total. The maximum Gasteiger partial charge on any atom is 0.339 e. The van der Waals surface area contributed by atoms with Gasteiger partial charge in [-0.15, -0.1) is 0 Å². The van der Waals surface area contributed by atoms with Gasteiger partial charge in [0.2, 0.25) is 0 Å². The van der Waals surface area contributed by atoms with Gasteiger partial charge in [0.1, 0.15) is 23.7 Å². The summed E-state index contributed by atoms with van der Waals surface area (Å²) in [4.78, 5) is 11.7. The Morgan fingerprint density at radius 1 is 1.00 bits per heavy atom. The SMILES string of the molecule is COc1ccc(Cl)cc1-c1cccc(C(=O)O)c1OCc1ccccc1. The molecular formula is C21H17ClO4. The van der Waals surface area contributed by atoms with Crippen molar-refractivity contribution in [2.45, 2.75) is 6.61 Å². The van der Waals surface area contributed by atoms with E-state index in [0.717, 1.165) is 5.56 Å². The Bertz CT molecular complexity index is 923. The van der Waals surface area contributed by atoms with Crippen LogP contribution in [0.5, 0.6) is 11.5 Å². The molecule has 0 heterocycles. The van der Waals surface area contributed by atoms with Gasteiger partial charge in [0.05, 0.1) is 7.11 Å². The van der Waals surface area contributed by atoms with Gasteiger partial charge in [-0.1, -0.05) is 54.1 Å². The third kappa shape index (κ3) is 3.81. The van der Waals surface area contributed by atoms with Crippen LogP contribution in [0.15, 0.2) is 66.7 Å². The minimum Gasteiger partial charge on any atom is -0.496 e. The van der Waals surface area contributed by atoms with Crippen LogP contribution >= 0.6 is 11.6 Å². The Balaban J connectivity index is 2.09. The number of ether oxygens (including phenoxy) is 2. The molecule has 132 valence electrons. The number of carbonyl (C=O) groups is 1. The Morgan fingerprint density at radius 2 is 1.77 bits per heavy atom. The lowest BCUT2D eigenvalue weighted by Gasteiger charge is -2.16. The lowest BCUT2D eigenvalue weighted by atomic mass is 10.00. The molecule has 0 aromatic heterocycles. The van der Waals surface area contributed by atoms with Gasteiger partial charge in [-0.05, 0) is 29.8 Å². The van der Waals surface area contributed by atoms with Crippen molar-refractivity contribution in [2.75, 3.05) is 7.11 Å². The van der Waals surface area contributed by atoms with Crippen molar-refractivity contribution in [3.05, 3.63) is 82.9 Å². The summed E-state index contributed by atoms with van der Waals surface area (Å²) in [5, 5.41) is 10.1. The van der Waals surface area contributed by atoms with Crippen LogP contribution < -0.4 is 9.47 Å². The molecule has 5 heteroatoms. The number of carboxylic acids is 1. The molecule has 0 saturated carbocycles. The summed E-state index contributed by atoms with van der Waals surface area (Å²) in [5.41, 5.74) is 2.31. The molecule has 0 amide bonds. The van der Waals surface area contributed by atoms with E-state index >= 15 is 0 Å². The molecule has 0 saturated heterocycles. The number of para-hydroxylation sites is 1. The average Bonchev–Trinajstić information content (AvgIpc) is 2.66. The highest BCUT2D eigenvalue weighted by molar-refractivity contribution is 6.31. The number of hydrogen-bond donors (Lipinski definition) is 1. The van der Waals surface area contributed by atoms with Gasteiger partial charge in [0.25, 0.3) is 0 Å². The highest BCUT2D eigenvalue weighted by Crippen LogP contribution is 2.40. The van der Waals surface area contributed by atoms with E-state index in [4.69, 9.17) is 21.1 Å². The Hall–Kier alpha value is -2.98. The fraction of sp³-hybridized carbons (Fsp3) is 0.0952. The number of methoxy groups -OCH3 is 1. The van der Waals surface area contributed by atoms with E-state index in [1.54, 1.807) is 37.4 Å². The number of aromatic carboxylic acids is 1. The maximum absolute atomic E-state index is 11.7. The second kappa shape index (κ2) is 7.93. The summed E-state index contributed by atoms with van der Waals surface area (Å²) in [5.74, 6) is -0.193. The van der Waals surface area contributed by atoms with Crippen molar-refractivity contribution in [1.82, 2.24) is 0 Å². The van der Waals surface area contributed by atoms with Crippen molar-refractivity contribution in [1.29, 1.82) is 0 Å². The molecule has 3 aromatic carbocycles. The molecule has 3 rings (SSSR count).